The lowest BCUT2D eigenvalue weighted by Gasteiger charge is -2.05. The number of unbranched alkanes of at least 4 members (excludes halogenated alkanes) is 5. The molecule has 0 radical (unpaired) electrons. The Hall–Kier alpha value is -1.50. The second kappa shape index (κ2) is 7.83. The largest absolute Gasteiger partial charge is 0.361 e. The zero-order valence-corrected chi connectivity index (χ0v) is 12.0. The molecule has 0 fully saturated rings. The van der Waals surface area contributed by atoms with Gasteiger partial charge in [0.15, 0.2) is 0 Å². The zero-order chi connectivity index (χ0) is 13.3. The van der Waals surface area contributed by atoms with Crippen LogP contribution in [0.5, 0.6) is 0 Å². The molecule has 0 atom stereocenters. The van der Waals surface area contributed by atoms with Crippen molar-refractivity contribution in [1.29, 1.82) is 0 Å². The fourth-order valence-electron chi connectivity index (χ4n) is 2.58. The molecular weight excluding hydrogens is 230 g/mol. The molecule has 19 heavy (non-hydrogen) atoms. The lowest BCUT2D eigenvalue weighted by Crippen LogP contribution is -1.88. The predicted molar refractivity (Wildman–Crippen MR) is 83.3 cm³/mol. The standard InChI is InChI=1S/C18H25N/c1-2-3-4-5-6-8-13-17-14-15-19-18(17)16-11-9-7-10-12-16/h7,9-12,14-15,19H,2-6,8,13H2,1H3. The van der Waals surface area contributed by atoms with Gasteiger partial charge >= 0.3 is 0 Å². The van der Waals surface area contributed by atoms with Crippen LogP contribution < -0.4 is 0 Å². The molecule has 102 valence electrons. The first-order chi connectivity index (χ1) is 9.42. The summed E-state index contributed by atoms with van der Waals surface area (Å²) in [4.78, 5) is 3.38. The van der Waals surface area contributed by atoms with E-state index in [1.54, 1.807) is 0 Å². The van der Waals surface area contributed by atoms with Gasteiger partial charge in [-0.25, -0.2) is 0 Å². The second-order valence-electron chi connectivity index (χ2n) is 5.26. The summed E-state index contributed by atoms with van der Waals surface area (Å²) >= 11 is 0. The van der Waals surface area contributed by atoms with Gasteiger partial charge in [-0.3, -0.25) is 0 Å². The second-order valence-corrected chi connectivity index (χ2v) is 5.26. The van der Waals surface area contributed by atoms with Gasteiger partial charge in [0, 0.05) is 11.9 Å². The Morgan fingerprint density at radius 1 is 0.842 bits per heavy atom. The molecule has 0 saturated carbocycles. The zero-order valence-electron chi connectivity index (χ0n) is 12.0. The van der Waals surface area contributed by atoms with Crippen LogP contribution in [0.2, 0.25) is 0 Å². The van der Waals surface area contributed by atoms with Crippen LogP contribution in [-0.4, -0.2) is 4.98 Å². The van der Waals surface area contributed by atoms with Crippen molar-refractivity contribution in [2.75, 3.05) is 0 Å². The van der Waals surface area contributed by atoms with E-state index in [-0.39, 0.29) is 0 Å². The van der Waals surface area contributed by atoms with E-state index in [9.17, 15) is 0 Å². The molecule has 1 heteroatoms. The van der Waals surface area contributed by atoms with Gasteiger partial charge in [-0.2, -0.15) is 0 Å². The summed E-state index contributed by atoms with van der Waals surface area (Å²) in [6.45, 7) is 2.27. The van der Waals surface area contributed by atoms with E-state index in [1.807, 2.05) is 0 Å². The minimum atomic E-state index is 1.19. The third kappa shape index (κ3) is 4.27. The van der Waals surface area contributed by atoms with Crippen molar-refractivity contribution in [2.24, 2.45) is 0 Å². The first-order valence-corrected chi connectivity index (χ1v) is 7.63. The third-order valence-electron chi connectivity index (χ3n) is 3.70. The summed E-state index contributed by atoms with van der Waals surface area (Å²) in [5, 5.41) is 0. The van der Waals surface area contributed by atoms with E-state index in [4.69, 9.17) is 0 Å². The molecule has 0 aliphatic carbocycles. The number of rotatable bonds is 8. The fraction of sp³-hybridized carbons (Fsp3) is 0.444. The van der Waals surface area contributed by atoms with Crippen LogP contribution >= 0.6 is 0 Å². The van der Waals surface area contributed by atoms with Crippen LogP contribution in [0, 0.1) is 0 Å². The normalized spacial score (nSPS) is 10.8. The molecule has 0 saturated heterocycles. The maximum Gasteiger partial charge on any atom is 0.0486 e. The van der Waals surface area contributed by atoms with E-state index in [2.05, 4.69) is 54.5 Å². The van der Waals surface area contributed by atoms with Gasteiger partial charge in [-0.1, -0.05) is 69.4 Å². The lowest BCUT2D eigenvalue weighted by atomic mass is 10.0. The number of aromatic nitrogens is 1. The Balaban J connectivity index is 1.83. The highest BCUT2D eigenvalue weighted by molar-refractivity contribution is 5.63. The van der Waals surface area contributed by atoms with Crippen molar-refractivity contribution in [2.45, 2.75) is 51.9 Å². The Kier molecular flexibility index (Phi) is 5.74. The maximum absolute atomic E-state index is 3.38. The molecule has 0 aliphatic heterocycles. The Morgan fingerprint density at radius 3 is 2.37 bits per heavy atom. The minimum absolute atomic E-state index is 1.19. The van der Waals surface area contributed by atoms with E-state index >= 15 is 0 Å². The summed E-state index contributed by atoms with van der Waals surface area (Å²) in [5.41, 5.74) is 4.06. The first-order valence-electron chi connectivity index (χ1n) is 7.63. The summed E-state index contributed by atoms with van der Waals surface area (Å²) in [6, 6.07) is 12.9. The number of hydrogen-bond donors (Lipinski definition) is 1. The highest BCUT2D eigenvalue weighted by atomic mass is 14.7. The lowest BCUT2D eigenvalue weighted by molar-refractivity contribution is 0.608. The quantitative estimate of drug-likeness (QED) is 0.592. The monoisotopic (exact) mass is 255 g/mol. The summed E-state index contributed by atoms with van der Waals surface area (Å²) in [6.07, 6.45) is 11.4. The van der Waals surface area contributed by atoms with E-state index in [0.29, 0.717) is 0 Å². The number of benzene rings is 1. The van der Waals surface area contributed by atoms with E-state index in [0.717, 1.165) is 0 Å². The van der Waals surface area contributed by atoms with Gasteiger partial charge in [0.05, 0.1) is 0 Å². The van der Waals surface area contributed by atoms with Crippen LogP contribution in [0.4, 0.5) is 0 Å². The van der Waals surface area contributed by atoms with Gasteiger partial charge in [0.25, 0.3) is 0 Å². The van der Waals surface area contributed by atoms with Gasteiger partial charge in [0.2, 0.25) is 0 Å². The Morgan fingerprint density at radius 2 is 1.58 bits per heavy atom. The fourth-order valence-corrected chi connectivity index (χ4v) is 2.58. The maximum atomic E-state index is 3.38. The molecule has 2 aromatic rings. The molecule has 2 rings (SSSR count). The molecule has 1 heterocycles. The third-order valence-corrected chi connectivity index (χ3v) is 3.70. The van der Waals surface area contributed by atoms with Crippen molar-refractivity contribution in [3.05, 3.63) is 48.2 Å². The van der Waals surface area contributed by atoms with Gasteiger partial charge in [-0.05, 0) is 30.0 Å². The number of aromatic amines is 1. The molecule has 0 amide bonds. The summed E-state index contributed by atoms with van der Waals surface area (Å²) in [7, 11) is 0. The van der Waals surface area contributed by atoms with Crippen molar-refractivity contribution in [3.8, 4) is 11.3 Å². The molecule has 1 nitrogen and oxygen atoms in total. The average molecular weight is 255 g/mol. The van der Waals surface area contributed by atoms with Crippen LogP contribution in [0.15, 0.2) is 42.6 Å². The molecule has 0 bridgehead atoms. The van der Waals surface area contributed by atoms with Crippen molar-refractivity contribution in [3.63, 3.8) is 0 Å². The van der Waals surface area contributed by atoms with Crippen LogP contribution in [0.3, 0.4) is 0 Å². The topological polar surface area (TPSA) is 15.8 Å². The SMILES string of the molecule is CCCCCCCCc1cc[nH]c1-c1ccccc1. The smallest absolute Gasteiger partial charge is 0.0486 e. The van der Waals surface area contributed by atoms with E-state index in [1.165, 1.54) is 61.8 Å². The molecule has 1 N–H and O–H groups in total. The van der Waals surface area contributed by atoms with Crippen LogP contribution in [-0.2, 0) is 6.42 Å². The molecule has 0 unspecified atom stereocenters. The number of hydrogen-bond acceptors (Lipinski definition) is 0. The number of nitrogens with one attached hydrogen (secondary N) is 1. The van der Waals surface area contributed by atoms with Crippen molar-refractivity contribution >= 4 is 0 Å². The van der Waals surface area contributed by atoms with Crippen LogP contribution in [0.25, 0.3) is 11.3 Å². The van der Waals surface area contributed by atoms with Crippen molar-refractivity contribution < 1.29 is 0 Å². The van der Waals surface area contributed by atoms with Gasteiger partial charge in [0.1, 0.15) is 0 Å². The first kappa shape index (κ1) is 13.9. The highest BCUT2D eigenvalue weighted by Gasteiger charge is 2.05. The molecular formula is C18H25N. The van der Waals surface area contributed by atoms with Crippen molar-refractivity contribution in [1.82, 2.24) is 4.98 Å². The minimum Gasteiger partial charge on any atom is -0.361 e. The summed E-state index contributed by atoms with van der Waals surface area (Å²) in [5.74, 6) is 0. The van der Waals surface area contributed by atoms with Gasteiger partial charge < -0.3 is 4.98 Å². The molecule has 0 aliphatic rings. The van der Waals surface area contributed by atoms with Crippen LogP contribution in [0.1, 0.15) is 51.0 Å². The predicted octanol–water partition coefficient (Wildman–Crippen LogP) is 5.58. The number of aryl methyl sites for hydroxylation is 1. The summed E-state index contributed by atoms with van der Waals surface area (Å²) < 4.78 is 0. The molecule has 0 spiro atoms. The van der Waals surface area contributed by atoms with E-state index < -0.39 is 0 Å². The van der Waals surface area contributed by atoms with Gasteiger partial charge in [-0.15, -0.1) is 0 Å². The highest BCUT2D eigenvalue weighted by Crippen LogP contribution is 2.23. The molecule has 1 aromatic carbocycles. The molecule has 1 aromatic heterocycles. The Labute approximate surface area is 117 Å². The Bertz CT molecular complexity index is 456. The number of H-pyrrole nitrogens is 1. The average Bonchev–Trinajstić information content (AvgIpc) is 2.92.